The summed E-state index contributed by atoms with van der Waals surface area (Å²) in [4.78, 5) is 52.5. The second-order valence-electron chi connectivity index (χ2n) is 7.30. The second-order valence-corrected chi connectivity index (χ2v) is 7.30. The molecule has 8 heteroatoms. The summed E-state index contributed by atoms with van der Waals surface area (Å²) < 4.78 is 1.22. The maximum Gasteiger partial charge on any atom is 0.328 e. The van der Waals surface area contributed by atoms with Crippen LogP contribution < -0.4 is 17.0 Å². The number of fused-ring (bicyclic) bond motifs is 1. The molecule has 1 aliphatic rings. The zero-order chi connectivity index (χ0) is 20.1. The lowest BCUT2D eigenvalue weighted by molar-refractivity contribution is -0.135. The third-order valence-corrected chi connectivity index (χ3v) is 5.41. The largest absolute Gasteiger partial charge is 0.369 e. The number of nitrogens with zero attached hydrogens (tertiary/aromatic N) is 2. The molecule has 0 atom stereocenters. The Bertz CT molecular complexity index is 970. The number of carbonyl (C=O) groups excluding carboxylic acids is 2. The molecule has 150 valence electrons. The minimum absolute atomic E-state index is 0.0867. The Hall–Kier alpha value is -2.90. The van der Waals surface area contributed by atoms with Gasteiger partial charge in [0, 0.05) is 32.0 Å². The molecular formula is C20H26N4O4. The van der Waals surface area contributed by atoms with Crippen LogP contribution in [0.1, 0.15) is 38.5 Å². The second kappa shape index (κ2) is 8.86. The summed E-state index contributed by atoms with van der Waals surface area (Å²) in [5.41, 5.74) is 5.16. The average Bonchev–Trinajstić information content (AvgIpc) is 2.69. The summed E-state index contributed by atoms with van der Waals surface area (Å²) >= 11 is 0. The zero-order valence-electron chi connectivity index (χ0n) is 15.9. The number of amides is 2. The number of primary amides is 1. The molecule has 0 bridgehead atoms. The molecule has 0 radical (unpaired) electrons. The maximum atomic E-state index is 12.5. The first kappa shape index (κ1) is 19.9. The van der Waals surface area contributed by atoms with Gasteiger partial charge in [-0.2, -0.15) is 0 Å². The molecule has 0 unspecified atom stereocenters. The quantitative estimate of drug-likeness (QED) is 0.689. The van der Waals surface area contributed by atoms with Gasteiger partial charge in [-0.15, -0.1) is 0 Å². The Balaban J connectivity index is 1.45. The molecule has 1 aliphatic heterocycles. The number of aromatic nitrogens is 2. The van der Waals surface area contributed by atoms with E-state index in [0.29, 0.717) is 62.6 Å². The van der Waals surface area contributed by atoms with Gasteiger partial charge < -0.3 is 15.6 Å². The Morgan fingerprint density at radius 3 is 2.50 bits per heavy atom. The fraction of sp³-hybridized carbons (Fsp3) is 0.500. The minimum Gasteiger partial charge on any atom is -0.369 e. The van der Waals surface area contributed by atoms with Gasteiger partial charge in [0.15, 0.2) is 0 Å². The highest BCUT2D eigenvalue weighted by molar-refractivity contribution is 5.79. The summed E-state index contributed by atoms with van der Waals surface area (Å²) in [6, 6.07) is 6.95. The Kier molecular flexibility index (Phi) is 6.28. The monoisotopic (exact) mass is 386 g/mol. The molecule has 0 saturated carbocycles. The van der Waals surface area contributed by atoms with Crippen LogP contribution in [0.25, 0.3) is 10.9 Å². The number of hydrogen-bond donors (Lipinski definition) is 2. The van der Waals surface area contributed by atoms with E-state index in [1.165, 1.54) is 4.57 Å². The van der Waals surface area contributed by atoms with E-state index >= 15 is 0 Å². The normalized spacial score (nSPS) is 15.1. The van der Waals surface area contributed by atoms with E-state index in [4.69, 9.17) is 5.73 Å². The van der Waals surface area contributed by atoms with Crippen molar-refractivity contribution in [3.8, 4) is 0 Å². The van der Waals surface area contributed by atoms with Gasteiger partial charge in [-0.05, 0) is 37.8 Å². The van der Waals surface area contributed by atoms with Crippen LogP contribution in [0.15, 0.2) is 33.9 Å². The topological polar surface area (TPSA) is 118 Å². The smallest absolute Gasteiger partial charge is 0.328 e. The molecule has 0 spiro atoms. The molecule has 3 N–H and O–H groups in total. The van der Waals surface area contributed by atoms with Crippen molar-refractivity contribution in [1.29, 1.82) is 0 Å². The molecule has 8 nitrogen and oxygen atoms in total. The zero-order valence-corrected chi connectivity index (χ0v) is 15.9. The number of rotatable bonds is 7. The predicted octanol–water partition coefficient (Wildman–Crippen LogP) is 0.974. The molecule has 1 saturated heterocycles. The number of benzene rings is 1. The number of piperidine rings is 1. The average molecular weight is 386 g/mol. The van der Waals surface area contributed by atoms with Crippen molar-refractivity contribution in [3.63, 3.8) is 0 Å². The van der Waals surface area contributed by atoms with E-state index in [2.05, 4.69) is 4.98 Å². The molecule has 1 aromatic heterocycles. The van der Waals surface area contributed by atoms with Crippen LogP contribution in [0.5, 0.6) is 0 Å². The molecule has 3 rings (SSSR count). The molecule has 2 aromatic rings. The van der Waals surface area contributed by atoms with Crippen LogP contribution >= 0.6 is 0 Å². The van der Waals surface area contributed by atoms with Crippen LogP contribution in [0, 0.1) is 5.92 Å². The summed E-state index contributed by atoms with van der Waals surface area (Å²) in [7, 11) is 0. The number of para-hydroxylation sites is 1. The summed E-state index contributed by atoms with van der Waals surface area (Å²) in [5.74, 6) is -0.322. The van der Waals surface area contributed by atoms with Crippen LogP contribution in [0.3, 0.4) is 0 Å². The molecule has 1 fully saturated rings. The van der Waals surface area contributed by atoms with Crippen LogP contribution in [0.4, 0.5) is 0 Å². The summed E-state index contributed by atoms with van der Waals surface area (Å²) in [5, 5.41) is 0.497. The van der Waals surface area contributed by atoms with Gasteiger partial charge in [-0.3, -0.25) is 19.0 Å². The van der Waals surface area contributed by atoms with E-state index in [-0.39, 0.29) is 23.3 Å². The number of H-pyrrole nitrogens is 1. The molecule has 0 aliphatic carbocycles. The van der Waals surface area contributed by atoms with E-state index in [1.807, 2.05) is 0 Å². The maximum absolute atomic E-state index is 12.5. The van der Waals surface area contributed by atoms with Crippen molar-refractivity contribution in [3.05, 3.63) is 45.1 Å². The minimum atomic E-state index is -0.405. The van der Waals surface area contributed by atoms with E-state index in [1.54, 1.807) is 29.2 Å². The van der Waals surface area contributed by atoms with Gasteiger partial charge in [-0.1, -0.05) is 18.6 Å². The SMILES string of the molecule is NC(=O)C1CCN(C(=O)CCCCCn2c(=O)[nH]c3ccccc3c2=O)CC1. The third-order valence-electron chi connectivity index (χ3n) is 5.41. The number of unbranched alkanes of at least 4 members (excludes halogenated alkanes) is 2. The Morgan fingerprint density at radius 2 is 1.79 bits per heavy atom. The lowest BCUT2D eigenvalue weighted by atomic mass is 9.96. The summed E-state index contributed by atoms with van der Waals surface area (Å²) in [6.07, 6.45) is 3.81. The lowest BCUT2D eigenvalue weighted by Gasteiger charge is -2.30. The number of likely N-dealkylation sites (tertiary alicyclic amines) is 1. The van der Waals surface area contributed by atoms with Crippen molar-refractivity contribution in [2.24, 2.45) is 11.7 Å². The van der Waals surface area contributed by atoms with Gasteiger partial charge in [0.1, 0.15) is 0 Å². The number of carbonyl (C=O) groups is 2. The van der Waals surface area contributed by atoms with Crippen molar-refractivity contribution < 1.29 is 9.59 Å². The van der Waals surface area contributed by atoms with Crippen LogP contribution in [-0.2, 0) is 16.1 Å². The first-order valence-electron chi connectivity index (χ1n) is 9.76. The van der Waals surface area contributed by atoms with Crippen molar-refractivity contribution >= 4 is 22.7 Å². The third kappa shape index (κ3) is 4.49. The molecule has 2 amide bonds. The standard InChI is InChI=1S/C20H26N4O4/c21-18(26)14-9-12-23(13-10-14)17(25)8-2-1-5-11-24-19(27)15-6-3-4-7-16(15)22-20(24)28/h3-4,6-7,14H,1-2,5,8-13H2,(H2,21,26)(H,22,28). The van der Waals surface area contributed by atoms with Crippen molar-refractivity contribution in [2.45, 2.75) is 45.1 Å². The Labute approximate surface area is 162 Å². The molecule has 1 aromatic carbocycles. The van der Waals surface area contributed by atoms with Gasteiger partial charge in [0.25, 0.3) is 5.56 Å². The van der Waals surface area contributed by atoms with Gasteiger partial charge in [0.2, 0.25) is 11.8 Å². The number of nitrogens with one attached hydrogen (secondary N) is 1. The summed E-state index contributed by atoms with van der Waals surface area (Å²) in [6.45, 7) is 1.49. The van der Waals surface area contributed by atoms with Gasteiger partial charge >= 0.3 is 5.69 Å². The number of aromatic amines is 1. The first-order chi connectivity index (χ1) is 13.5. The molecule has 28 heavy (non-hydrogen) atoms. The fourth-order valence-corrected chi connectivity index (χ4v) is 3.70. The number of nitrogens with two attached hydrogens (primary N) is 1. The van der Waals surface area contributed by atoms with E-state index in [0.717, 1.165) is 6.42 Å². The number of hydrogen-bond acceptors (Lipinski definition) is 4. The van der Waals surface area contributed by atoms with Gasteiger partial charge in [0.05, 0.1) is 10.9 Å². The highest BCUT2D eigenvalue weighted by atomic mass is 16.2. The van der Waals surface area contributed by atoms with Gasteiger partial charge in [-0.25, -0.2) is 4.79 Å². The van der Waals surface area contributed by atoms with E-state index in [9.17, 15) is 19.2 Å². The van der Waals surface area contributed by atoms with Crippen molar-refractivity contribution in [2.75, 3.05) is 13.1 Å². The van der Waals surface area contributed by atoms with Crippen LogP contribution in [0.2, 0.25) is 0 Å². The predicted molar refractivity (Wildman–Crippen MR) is 106 cm³/mol. The Morgan fingerprint density at radius 1 is 1.07 bits per heavy atom. The molecule has 2 heterocycles. The first-order valence-corrected chi connectivity index (χ1v) is 9.76. The lowest BCUT2D eigenvalue weighted by Crippen LogP contribution is -2.41. The van der Waals surface area contributed by atoms with E-state index < -0.39 is 5.69 Å². The highest BCUT2D eigenvalue weighted by Crippen LogP contribution is 2.18. The fourth-order valence-electron chi connectivity index (χ4n) is 3.70. The van der Waals surface area contributed by atoms with Crippen molar-refractivity contribution in [1.82, 2.24) is 14.5 Å². The molecular weight excluding hydrogens is 360 g/mol. The highest BCUT2D eigenvalue weighted by Gasteiger charge is 2.25. The van der Waals surface area contributed by atoms with Crippen LogP contribution in [-0.4, -0.2) is 39.4 Å².